The molecule has 1 aromatic heterocycles. The third-order valence-corrected chi connectivity index (χ3v) is 8.21. The molecule has 12 heteroatoms. The minimum Gasteiger partial charge on any atom is -0.507 e. The van der Waals surface area contributed by atoms with E-state index < -0.39 is 54.5 Å². The Labute approximate surface area is 233 Å². The highest BCUT2D eigenvalue weighted by molar-refractivity contribution is 6.34. The highest BCUT2D eigenvalue weighted by atomic mass is 16.7. The van der Waals surface area contributed by atoms with Gasteiger partial charge in [-0.3, -0.25) is 9.59 Å². The van der Waals surface area contributed by atoms with Crippen LogP contribution < -0.4 is 10.1 Å². The maximum atomic E-state index is 14.0. The summed E-state index contributed by atoms with van der Waals surface area (Å²) in [5.41, 5.74) is -1.58. The van der Waals surface area contributed by atoms with E-state index in [4.69, 9.17) is 9.47 Å². The lowest BCUT2D eigenvalue weighted by Crippen LogP contribution is -2.67. The molecular weight excluding hydrogens is 536 g/mol. The van der Waals surface area contributed by atoms with Crippen molar-refractivity contribution in [3.8, 4) is 11.5 Å². The van der Waals surface area contributed by atoms with Crippen LogP contribution in [0.2, 0.25) is 0 Å². The second-order valence-electron chi connectivity index (χ2n) is 10.9. The minimum atomic E-state index is -1.81. The van der Waals surface area contributed by atoms with Crippen LogP contribution in [0.25, 0.3) is 10.8 Å². The number of rotatable bonds is 1. The zero-order valence-corrected chi connectivity index (χ0v) is 22.1. The third-order valence-electron chi connectivity index (χ3n) is 8.21. The Balaban J connectivity index is 1.61. The second-order valence-corrected chi connectivity index (χ2v) is 10.9. The van der Waals surface area contributed by atoms with Gasteiger partial charge in [0.05, 0.1) is 23.8 Å². The fraction of sp³-hybridized carbons (Fsp3) is 0.414. The molecule has 2 aliphatic heterocycles. The molecule has 0 saturated carbocycles. The molecule has 12 nitrogen and oxygen atoms in total. The van der Waals surface area contributed by atoms with Gasteiger partial charge in [0.15, 0.2) is 5.78 Å². The number of ketones is 2. The molecule has 4 bridgehead atoms. The number of hydrogen-bond donors (Lipinski definition) is 7. The van der Waals surface area contributed by atoms with Crippen LogP contribution >= 0.6 is 0 Å². The lowest BCUT2D eigenvalue weighted by Gasteiger charge is -2.48. The zero-order valence-electron chi connectivity index (χ0n) is 22.1. The number of aromatic hydroxyl groups is 1. The maximum absolute atomic E-state index is 14.0. The summed E-state index contributed by atoms with van der Waals surface area (Å²) in [5.74, 6) is -1.53. The second kappa shape index (κ2) is 10.0. The lowest BCUT2D eigenvalue weighted by molar-refractivity contribution is -0.321. The van der Waals surface area contributed by atoms with Crippen molar-refractivity contribution in [2.24, 2.45) is 0 Å². The Morgan fingerprint density at radius 3 is 2.56 bits per heavy atom. The van der Waals surface area contributed by atoms with Gasteiger partial charge < -0.3 is 45.4 Å². The number of aliphatic hydroxyl groups excluding tert-OH is 5. The number of carbonyl (C=O) groups excluding carboxylic acids is 2. The van der Waals surface area contributed by atoms with E-state index in [1.54, 1.807) is 13.0 Å². The van der Waals surface area contributed by atoms with Gasteiger partial charge in [-0.25, -0.2) is 4.98 Å². The average molecular weight is 567 g/mol. The van der Waals surface area contributed by atoms with Gasteiger partial charge in [-0.15, -0.1) is 0 Å². The molecule has 2 aromatic carbocycles. The smallest absolute Gasteiger partial charge is 0.229 e. The largest absolute Gasteiger partial charge is 0.507 e. The molecule has 6 atom stereocenters. The Morgan fingerprint density at radius 1 is 1.02 bits per heavy atom. The Morgan fingerprint density at radius 2 is 1.80 bits per heavy atom. The normalized spacial score (nSPS) is 29.8. The van der Waals surface area contributed by atoms with Crippen molar-refractivity contribution < 1.29 is 49.7 Å². The number of nitrogens with one attached hydrogen (secondary N) is 1. The van der Waals surface area contributed by atoms with Gasteiger partial charge in [-0.2, -0.15) is 0 Å². The molecule has 1 saturated heterocycles. The predicted octanol–water partition coefficient (Wildman–Crippen LogP) is 0.530. The summed E-state index contributed by atoms with van der Waals surface area (Å²) < 4.78 is 12.0. The van der Waals surface area contributed by atoms with Crippen LogP contribution in [0, 0.1) is 6.92 Å². The van der Waals surface area contributed by atoms with E-state index in [1.807, 2.05) is 0 Å². The van der Waals surface area contributed by atoms with Crippen molar-refractivity contribution in [1.82, 2.24) is 4.98 Å². The van der Waals surface area contributed by atoms with E-state index in [1.165, 1.54) is 24.4 Å². The Kier molecular flexibility index (Phi) is 6.72. The molecule has 216 valence electrons. The van der Waals surface area contributed by atoms with Crippen LogP contribution in [0.5, 0.6) is 11.5 Å². The molecule has 3 aliphatic rings. The van der Waals surface area contributed by atoms with E-state index in [-0.39, 0.29) is 59.6 Å². The van der Waals surface area contributed by atoms with E-state index in [9.17, 15) is 40.2 Å². The van der Waals surface area contributed by atoms with Crippen molar-refractivity contribution in [3.63, 3.8) is 0 Å². The van der Waals surface area contributed by atoms with Gasteiger partial charge in [0.1, 0.15) is 41.2 Å². The monoisotopic (exact) mass is 566 g/mol. The quantitative estimate of drug-likeness (QED) is 0.169. The SMILES string of the molecule is Cc1cc(O)c2c(c1)C(=O)c1c(c3cc4c(nccc14)NC[C@@H](O)CCC[C@@]1(CO)O[C@@H](O3)[C@H](O)[C@@H](O)[C@@H]1O)C2=O. The van der Waals surface area contributed by atoms with E-state index in [0.717, 1.165) is 0 Å². The molecular formula is C29H30N2O10. The number of nitrogens with zero attached hydrogens (tertiary/aromatic N) is 1. The number of pyridine rings is 1. The highest BCUT2D eigenvalue weighted by Crippen LogP contribution is 2.44. The number of fused-ring (bicyclic) bond motifs is 7. The summed E-state index contributed by atoms with van der Waals surface area (Å²) >= 11 is 0. The minimum absolute atomic E-state index is 0.00460. The topological polar surface area (TPSA) is 199 Å². The fourth-order valence-corrected chi connectivity index (χ4v) is 6.06. The standard InChI is InChI=1S/C29H30N2O10/c1-12-7-16-19(17(34)8-12)23(36)21-18-9-15-14(20(21)22(16)35)4-6-30-27(15)31-10-13(33)3-2-5-29(11-32)26(39)24(37)25(38)28(40-18)41-29/h4,6-9,13,24-26,28,32-34,37-39H,2-3,5,10-11H2,1H3,(H,30,31)/t13-,24+,25+,26-,28+,29-/m0/s1. The first-order chi connectivity index (χ1) is 19.6. The Bertz CT molecular complexity index is 1580. The third kappa shape index (κ3) is 4.26. The average Bonchev–Trinajstić information content (AvgIpc) is 2.94. The first-order valence-corrected chi connectivity index (χ1v) is 13.4. The molecule has 0 unspecified atom stereocenters. The van der Waals surface area contributed by atoms with Crippen LogP contribution in [0.4, 0.5) is 5.82 Å². The Hall–Kier alpha value is -3.65. The van der Waals surface area contributed by atoms with Gasteiger partial charge in [0, 0.05) is 29.3 Å². The van der Waals surface area contributed by atoms with Crippen LogP contribution in [-0.2, 0) is 4.74 Å². The van der Waals surface area contributed by atoms with Crippen molar-refractivity contribution in [3.05, 3.63) is 58.3 Å². The molecule has 3 aromatic rings. The van der Waals surface area contributed by atoms with Gasteiger partial charge in [-0.1, -0.05) is 0 Å². The molecule has 7 N–H and O–H groups in total. The summed E-state index contributed by atoms with van der Waals surface area (Å²) in [5, 5.41) is 67.7. The maximum Gasteiger partial charge on any atom is 0.229 e. The number of ether oxygens (including phenoxy) is 2. The first kappa shape index (κ1) is 27.5. The number of aliphatic hydroxyl groups is 5. The number of aryl methyl sites for hydroxylation is 1. The molecule has 1 aliphatic carbocycles. The van der Waals surface area contributed by atoms with Gasteiger partial charge in [-0.05, 0) is 61.4 Å². The number of phenols is 1. The molecule has 41 heavy (non-hydrogen) atoms. The number of carbonyl (C=O) groups is 2. The van der Waals surface area contributed by atoms with E-state index in [0.29, 0.717) is 22.2 Å². The highest BCUT2D eigenvalue weighted by Gasteiger charge is 2.54. The lowest BCUT2D eigenvalue weighted by atomic mass is 9.80. The van der Waals surface area contributed by atoms with Crippen LogP contribution in [0.15, 0.2) is 30.5 Å². The van der Waals surface area contributed by atoms with Gasteiger partial charge >= 0.3 is 0 Å². The molecule has 1 fully saturated rings. The number of phenolic OH excluding ortho intramolecular Hbond substituents is 1. The first-order valence-electron chi connectivity index (χ1n) is 13.4. The van der Waals surface area contributed by atoms with Crippen molar-refractivity contribution >= 4 is 28.2 Å². The van der Waals surface area contributed by atoms with Crippen LogP contribution in [0.1, 0.15) is 56.7 Å². The fourth-order valence-electron chi connectivity index (χ4n) is 6.06. The van der Waals surface area contributed by atoms with E-state index >= 15 is 0 Å². The number of aromatic nitrogens is 1. The van der Waals surface area contributed by atoms with Crippen molar-refractivity contribution in [1.29, 1.82) is 0 Å². The summed E-state index contributed by atoms with van der Waals surface area (Å²) in [6, 6.07) is 5.88. The predicted molar refractivity (Wildman–Crippen MR) is 143 cm³/mol. The molecule has 0 spiro atoms. The van der Waals surface area contributed by atoms with Gasteiger partial charge in [0.2, 0.25) is 12.1 Å². The zero-order chi connectivity index (χ0) is 29.2. The molecule has 0 radical (unpaired) electrons. The molecule has 0 amide bonds. The number of hydrogen-bond acceptors (Lipinski definition) is 12. The summed E-state index contributed by atoms with van der Waals surface area (Å²) in [6.07, 6.45) is -5.87. The number of benzene rings is 2. The van der Waals surface area contributed by atoms with Gasteiger partial charge in [0.25, 0.3) is 0 Å². The van der Waals surface area contributed by atoms with Crippen LogP contribution in [-0.4, -0.2) is 96.6 Å². The summed E-state index contributed by atoms with van der Waals surface area (Å²) in [4.78, 5) is 32.3. The summed E-state index contributed by atoms with van der Waals surface area (Å²) in [6.45, 7) is 1.01. The number of β-amino-alcohol motifs (C(OH)–C–C–N with tert-alkyl or cyclic N) is 1. The van der Waals surface area contributed by atoms with E-state index in [2.05, 4.69) is 10.3 Å². The van der Waals surface area contributed by atoms with Crippen molar-refractivity contribution in [2.75, 3.05) is 18.5 Å². The van der Waals surface area contributed by atoms with Crippen LogP contribution in [0.3, 0.4) is 0 Å². The molecule has 6 rings (SSSR count). The number of anilines is 1. The van der Waals surface area contributed by atoms with Crippen molar-refractivity contribution in [2.45, 2.75) is 62.5 Å². The summed E-state index contributed by atoms with van der Waals surface area (Å²) in [7, 11) is 0. The molecule has 3 heterocycles.